The topological polar surface area (TPSA) is 60.5 Å². The molecule has 0 aliphatic carbocycles. The number of thioether (sulfide) groups is 1. The molecule has 1 atom stereocenters. The van der Waals surface area contributed by atoms with Crippen LogP contribution in [0.2, 0.25) is 0 Å². The van der Waals surface area contributed by atoms with E-state index in [1.807, 2.05) is 37.3 Å². The van der Waals surface area contributed by atoms with E-state index in [4.69, 9.17) is 9.47 Å². The molecule has 0 spiro atoms. The van der Waals surface area contributed by atoms with E-state index >= 15 is 0 Å². The number of aromatic nitrogens is 1. The van der Waals surface area contributed by atoms with Crippen molar-refractivity contribution in [3.63, 3.8) is 0 Å². The zero-order valence-electron chi connectivity index (χ0n) is 13.4. The van der Waals surface area contributed by atoms with Gasteiger partial charge in [0.1, 0.15) is 0 Å². The van der Waals surface area contributed by atoms with Gasteiger partial charge in [0.05, 0.1) is 19.5 Å². The summed E-state index contributed by atoms with van der Waals surface area (Å²) in [6.45, 7) is 2.38. The minimum Gasteiger partial charge on any atom is -0.493 e. The van der Waals surface area contributed by atoms with Crippen molar-refractivity contribution in [2.75, 3.05) is 14.2 Å². The monoisotopic (exact) mass is 332 g/mol. The summed E-state index contributed by atoms with van der Waals surface area (Å²) in [6.07, 6.45) is 3.42. The van der Waals surface area contributed by atoms with E-state index in [-0.39, 0.29) is 11.2 Å². The number of carbonyl (C=O) groups excluding carboxylic acids is 1. The van der Waals surface area contributed by atoms with Crippen LogP contribution in [0.1, 0.15) is 12.5 Å². The SMILES string of the molecule is COc1ccc(S[C@H](C)C(=O)NCc2ccncc2)cc1OC. The van der Waals surface area contributed by atoms with Crippen LogP contribution in [0.3, 0.4) is 0 Å². The number of hydrogen-bond acceptors (Lipinski definition) is 5. The number of methoxy groups -OCH3 is 2. The lowest BCUT2D eigenvalue weighted by atomic mass is 10.2. The average molecular weight is 332 g/mol. The summed E-state index contributed by atoms with van der Waals surface area (Å²) in [5, 5.41) is 2.71. The molecule has 0 bridgehead atoms. The molecule has 1 aromatic carbocycles. The smallest absolute Gasteiger partial charge is 0.233 e. The van der Waals surface area contributed by atoms with Crippen molar-refractivity contribution < 1.29 is 14.3 Å². The molecule has 0 saturated carbocycles. The largest absolute Gasteiger partial charge is 0.493 e. The summed E-state index contributed by atoms with van der Waals surface area (Å²) in [6, 6.07) is 9.39. The summed E-state index contributed by atoms with van der Waals surface area (Å²) < 4.78 is 10.5. The number of nitrogens with one attached hydrogen (secondary N) is 1. The van der Waals surface area contributed by atoms with Crippen LogP contribution >= 0.6 is 11.8 Å². The van der Waals surface area contributed by atoms with Crippen LogP contribution in [0, 0.1) is 0 Å². The minimum atomic E-state index is -0.213. The number of nitrogens with zero attached hydrogens (tertiary/aromatic N) is 1. The van der Waals surface area contributed by atoms with Crippen LogP contribution in [-0.4, -0.2) is 30.4 Å². The van der Waals surface area contributed by atoms with Crippen molar-refractivity contribution in [2.45, 2.75) is 23.6 Å². The van der Waals surface area contributed by atoms with E-state index in [1.165, 1.54) is 11.8 Å². The standard InChI is InChI=1S/C17H20N2O3S/c1-12(17(20)19-11-13-6-8-18-9-7-13)23-14-4-5-15(21-2)16(10-14)22-3/h4-10,12H,11H2,1-3H3,(H,19,20)/t12-/m1/s1. The summed E-state index contributed by atoms with van der Waals surface area (Å²) in [5.74, 6) is 1.31. The van der Waals surface area contributed by atoms with Crippen molar-refractivity contribution in [3.8, 4) is 11.5 Å². The van der Waals surface area contributed by atoms with Crippen LogP contribution < -0.4 is 14.8 Å². The molecule has 0 saturated heterocycles. The zero-order chi connectivity index (χ0) is 16.7. The molecule has 1 amide bonds. The molecule has 2 rings (SSSR count). The van der Waals surface area contributed by atoms with Gasteiger partial charge in [0, 0.05) is 23.8 Å². The van der Waals surface area contributed by atoms with Gasteiger partial charge in [0.2, 0.25) is 5.91 Å². The zero-order valence-corrected chi connectivity index (χ0v) is 14.2. The van der Waals surface area contributed by atoms with Gasteiger partial charge in [-0.15, -0.1) is 11.8 Å². The maximum atomic E-state index is 12.2. The fourth-order valence-electron chi connectivity index (χ4n) is 1.98. The molecular weight excluding hydrogens is 312 g/mol. The molecule has 122 valence electrons. The quantitative estimate of drug-likeness (QED) is 0.790. The molecule has 0 aliphatic heterocycles. The highest BCUT2D eigenvalue weighted by Gasteiger charge is 2.15. The van der Waals surface area contributed by atoms with Crippen LogP contribution in [0.25, 0.3) is 0 Å². The highest BCUT2D eigenvalue weighted by molar-refractivity contribution is 8.00. The molecule has 5 nitrogen and oxygen atoms in total. The Hall–Kier alpha value is -2.21. The lowest BCUT2D eigenvalue weighted by Crippen LogP contribution is -2.30. The van der Waals surface area contributed by atoms with Crippen LogP contribution in [0.4, 0.5) is 0 Å². The number of benzene rings is 1. The fourth-order valence-corrected chi connectivity index (χ4v) is 2.90. The van der Waals surface area contributed by atoms with Gasteiger partial charge in [-0.25, -0.2) is 0 Å². The highest BCUT2D eigenvalue weighted by Crippen LogP contribution is 2.33. The summed E-state index contributed by atoms with van der Waals surface area (Å²) in [7, 11) is 3.19. The molecule has 23 heavy (non-hydrogen) atoms. The minimum absolute atomic E-state index is 0.0124. The fraction of sp³-hybridized carbons (Fsp3) is 0.294. The molecule has 0 aliphatic rings. The van der Waals surface area contributed by atoms with Crippen molar-refractivity contribution in [1.82, 2.24) is 10.3 Å². The van der Waals surface area contributed by atoms with E-state index in [1.54, 1.807) is 26.6 Å². The van der Waals surface area contributed by atoms with Gasteiger partial charge in [-0.1, -0.05) is 0 Å². The first-order valence-corrected chi connectivity index (χ1v) is 8.07. The third-order valence-corrected chi connectivity index (χ3v) is 4.35. The molecule has 0 unspecified atom stereocenters. The molecule has 6 heteroatoms. The van der Waals surface area contributed by atoms with E-state index in [0.29, 0.717) is 18.0 Å². The van der Waals surface area contributed by atoms with Gasteiger partial charge in [-0.2, -0.15) is 0 Å². The molecule has 1 N–H and O–H groups in total. The summed E-state index contributed by atoms with van der Waals surface area (Å²) >= 11 is 1.48. The average Bonchev–Trinajstić information content (AvgIpc) is 2.60. The Morgan fingerprint density at radius 3 is 2.52 bits per heavy atom. The molecule has 1 heterocycles. The second-order valence-electron chi connectivity index (χ2n) is 4.85. The first-order valence-electron chi connectivity index (χ1n) is 7.19. The molecule has 1 aromatic heterocycles. The maximum absolute atomic E-state index is 12.2. The second kappa shape index (κ2) is 8.43. The van der Waals surface area contributed by atoms with Crippen molar-refractivity contribution in [2.24, 2.45) is 0 Å². The first kappa shape index (κ1) is 17.1. The van der Waals surface area contributed by atoms with E-state index in [9.17, 15) is 4.79 Å². The Bertz CT molecular complexity index is 650. The lowest BCUT2D eigenvalue weighted by Gasteiger charge is -2.14. The third kappa shape index (κ3) is 4.89. The number of hydrogen-bond donors (Lipinski definition) is 1. The maximum Gasteiger partial charge on any atom is 0.233 e. The molecule has 0 fully saturated rings. The Balaban J connectivity index is 1.93. The highest BCUT2D eigenvalue weighted by atomic mass is 32.2. The van der Waals surface area contributed by atoms with Crippen LogP contribution in [0.15, 0.2) is 47.6 Å². The summed E-state index contributed by atoms with van der Waals surface area (Å²) in [4.78, 5) is 17.1. The molecule has 2 aromatic rings. The van der Waals surface area contributed by atoms with Gasteiger partial charge >= 0.3 is 0 Å². The Morgan fingerprint density at radius 2 is 1.87 bits per heavy atom. The third-order valence-electron chi connectivity index (χ3n) is 3.25. The molecule has 0 radical (unpaired) electrons. The van der Waals surface area contributed by atoms with E-state index in [2.05, 4.69) is 10.3 Å². The Labute approximate surface area is 140 Å². The Kier molecular flexibility index (Phi) is 6.29. The van der Waals surface area contributed by atoms with Gasteiger partial charge in [0.15, 0.2) is 11.5 Å². The van der Waals surface area contributed by atoms with Gasteiger partial charge in [0.25, 0.3) is 0 Å². The number of pyridine rings is 1. The first-order chi connectivity index (χ1) is 11.1. The molecular formula is C17H20N2O3S. The van der Waals surface area contributed by atoms with E-state index in [0.717, 1.165) is 10.5 Å². The predicted octanol–water partition coefficient (Wildman–Crippen LogP) is 2.90. The second-order valence-corrected chi connectivity index (χ2v) is 6.26. The van der Waals surface area contributed by atoms with Gasteiger partial charge in [-0.05, 0) is 42.8 Å². The number of amides is 1. The number of rotatable bonds is 7. The van der Waals surface area contributed by atoms with Gasteiger partial charge < -0.3 is 14.8 Å². The Morgan fingerprint density at radius 1 is 1.17 bits per heavy atom. The summed E-state index contributed by atoms with van der Waals surface area (Å²) in [5.41, 5.74) is 1.02. The predicted molar refractivity (Wildman–Crippen MR) is 90.9 cm³/mol. The van der Waals surface area contributed by atoms with Crippen molar-refractivity contribution in [3.05, 3.63) is 48.3 Å². The van der Waals surface area contributed by atoms with Crippen molar-refractivity contribution in [1.29, 1.82) is 0 Å². The van der Waals surface area contributed by atoms with Gasteiger partial charge in [-0.3, -0.25) is 9.78 Å². The lowest BCUT2D eigenvalue weighted by molar-refractivity contribution is -0.120. The van der Waals surface area contributed by atoms with Crippen molar-refractivity contribution >= 4 is 17.7 Å². The number of carbonyl (C=O) groups is 1. The number of ether oxygens (including phenoxy) is 2. The van der Waals surface area contributed by atoms with Crippen LogP contribution in [0.5, 0.6) is 11.5 Å². The van der Waals surface area contributed by atoms with E-state index < -0.39 is 0 Å². The van der Waals surface area contributed by atoms with Crippen LogP contribution in [-0.2, 0) is 11.3 Å². The normalized spacial score (nSPS) is 11.6.